The number of hydrogen-bond donors (Lipinski definition) is 1. The lowest BCUT2D eigenvalue weighted by atomic mass is 10.1. The van der Waals surface area contributed by atoms with Crippen molar-refractivity contribution in [2.24, 2.45) is 0 Å². The normalized spacial score (nSPS) is 10.2. The average molecular weight is 348 g/mol. The van der Waals surface area contributed by atoms with Crippen LogP contribution < -0.4 is 5.32 Å². The SMILES string of the molecule is CCCCCCCCCCCCNc1nc(C#N)c(C#N)nc1Cl. The molecule has 1 aromatic heterocycles. The van der Waals surface area contributed by atoms with Crippen LogP contribution in [0.2, 0.25) is 5.15 Å². The highest BCUT2D eigenvalue weighted by molar-refractivity contribution is 6.31. The van der Waals surface area contributed by atoms with Gasteiger partial charge in [-0.15, -0.1) is 0 Å². The lowest BCUT2D eigenvalue weighted by Crippen LogP contribution is -2.07. The van der Waals surface area contributed by atoms with E-state index in [1.165, 1.54) is 51.4 Å². The standard InChI is InChI=1S/C18H26ClN5/c1-2-3-4-5-6-7-8-9-10-11-12-22-18-17(19)23-15(13-20)16(14-21)24-18/h2-12H2,1H3,(H,22,24). The van der Waals surface area contributed by atoms with Crippen LogP contribution in [0.3, 0.4) is 0 Å². The number of nitrogens with zero attached hydrogens (tertiary/aromatic N) is 4. The summed E-state index contributed by atoms with van der Waals surface area (Å²) in [4.78, 5) is 7.94. The molecule has 1 N–H and O–H groups in total. The van der Waals surface area contributed by atoms with Crippen molar-refractivity contribution in [3.63, 3.8) is 0 Å². The molecule has 5 nitrogen and oxygen atoms in total. The Hall–Kier alpha value is -1.85. The number of unbranched alkanes of at least 4 members (excludes halogenated alkanes) is 9. The van der Waals surface area contributed by atoms with E-state index >= 15 is 0 Å². The minimum Gasteiger partial charge on any atom is -0.367 e. The lowest BCUT2D eigenvalue weighted by molar-refractivity contribution is 0.560. The Bertz CT molecular complexity index is 574. The van der Waals surface area contributed by atoms with Crippen LogP contribution in [0.5, 0.6) is 0 Å². The Balaban J connectivity index is 2.16. The van der Waals surface area contributed by atoms with Gasteiger partial charge in [-0.25, -0.2) is 9.97 Å². The molecule has 0 aliphatic heterocycles. The van der Waals surface area contributed by atoms with Crippen LogP contribution in [0.4, 0.5) is 5.82 Å². The highest BCUT2D eigenvalue weighted by Crippen LogP contribution is 2.18. The fourth-order valence-corrected chi connectivity index (χ4v) is 2.70. The topological polar surface area (TPSA) is 85.4 Å². The van der Waals surface area contributed by atoms with Crippen molar-refractivity contribution in [1.29, 1.82) is 10.5 Å². The van der Waals surface area contributed by atoms with Gasteiger partial charge in [0.2, 0.25) is 0 Å². The minimum atomic E-state index is -0.0352. The third-order valence-corrected chi connectivity index (χ3v) is 4.15. The van der Waals surface area contributed by atoms with Crippen molar-refractivity contribution in [2.75, 3.05) is 11.9 Å². The second-order valence-electron chi connectivity index (χ2n) is 5.89. The van der Waals surface area contributed by atoms with Crippen LogP contribution in [-0.2, 0) is 0 Å². The zero-order valence-electron chi connectivity index (χ0n) is 14.4. The maximum atomic E-state index is 8.95. The quantitative estimate of drug-likeness (QED) is 0.525. The summed E-state index contributed by atoms with van der Waals surface area (Å²) in [7, 11) is 0. The molecule has 0 aromatic carbocycles. The van der Waals surface area contributed by atoms with Gasteiger partial charge >= 0.3 is 0 Å². The van der Waals surface area contributed by atoms with Crippen LogP contribution in [-0.4, -0.2) is 16.5 Å². The van der Waals surface area contributed by atoms with Crippen LogP contribution in [0.1, 0.15) is 82.5 Å². The van der Waals surface area contributed by atoms with Crippen molar-refractivity contribution in [3.05, 3.63) is 16.5 Å². The number of halogens is 1. The van der Waals surface area contributed by atoms with E-state index in [1.807, 2.05) is 12.1 Å². The Kier molecular flexibility index (Phi) is 10.6. The van der Waals surface area contributed by atoms with Gasteiger partial charge in [0.05, 0.1) is 0 Å². The molecule has 0 saturated heterocycles. The number of anilines is 1. The molecule has 0 aliphatic carbocycles. The molecule has 1 heterocycles. The molecule has 130 valence electrons. The van der Waals surface area contributed by atoms with E-state index in [-0.39, 0.29) is 16.5 Å². The maximum absolute atomic E-state index is 8.95. The molecular formula is C18H26ClN5. The first-order chi connectivity index (χ1) is 11.7. The lowest BCUT2D eigenvalue weighted by Gasteiger charge is -2.07. The molecule has 24 heavy (non-hydrogen) atoms. The highest BCUT2D eigenvalue weighted by atomic mass is 35.5. The van der Waals surface area contributed by atoms with E-state index in [0.717, 1.165) is 19.4 Å². The number of rotatable bonds is 12. The largest absolute Gasteiger partial charge is 0.367 e. The van der Waals surface area contributed by atoms with E-state index in [4.69, 9.17) is 22.1 Å². The summed E-state index contributed by atoms with van der Waals surface area (Å²) in [5, 5.41) is 21.0. The monoisotopic (exact) mass is 347 g/mol. The molecule has 0 aliphatic rings. The predicted molar refractivity (Wildman–Crippen MR) is 96.8 cm³/mol. The fourth-order valence-electron chi connectivity index (χ4n) is 2.50. The first-order valence-corrected chi connectivity index (χ1v) is 9.22. The van der Waals surface area contributed by atoms with E-state index in [2.05, 4.69) is 22.2 Å². The molecule has 0 amide bonds. The molecular weight excluding hydrogens is 322 g/mol. The van der Waals surface area contributed by atoms with Crippen molar-refractivity contribution in [2.45, 2.75) is 71.1 Å². The second kappa shape index (κ2) is 12.6. The highest BCUT2D eigenvalue weighted by Gasteiger charge is 2.11. The van der Waals surface area contributed by atoms with Gasteiger partial charge in [-0.1, -0.05) is 76.3 Å². The number of nitriles is 2. The molecule has 0 saturated carbocycles. The van der Waals surface area contributed by atoms with Crippen molar-refractivity contribution >= 4 is 17.4 Å². The van der Waals surface area contributed by atoms with Gasteiger partial charge < -0.3 is 5.32 Å². The van der Waals surface area contributed by atoms with Gasteiger partial charge in [-0.3, -0.25) is 0 Å². The summed E-state index contributed by atoms with van der Waals surface area (Å²) in [5.74, 6) is 0.378. The fraction of sp³-hybridized carbons (Fsp3) is 0.667. The molecule has 0 bridgehead atoms. The first kappa shape index (κ1) is 20.2. The van der Waals surface area contributed by atoms with Gasteiger partial charge in [-0.05, 0) is 6.42 Å². The van der Waals surface area contributed by atoms with Gasteiger partial charge in [0.25, 0.3) is 0 Å². The Morgan fingerprint density at radius 2 is 1.33 bits per heavy atom. The Morgan fingerprint density at radius 1 is 0.833 bits per heavy atom. The van der Waals surface area contributed by atoms with Crippen LogP contribution in [0.25, 0.3) is 0 Å². The summed E-state index contributed by atoms with van der Waals surface area (Å²) < 4.78 is 0. The van der Waals surface area contributed by atoms with E-state index in [0.29, 0.717) is 5.82 Å². The summed E-state index contributed by atoms with van der Waals surface area (Å²) in [6.07, 6.45) is 12.8. The molecule has 0 atom stereocenters. The van der Waals surface area contributed by atoms with Gasteiger partial charge in [0.15, 0.2) is 22.4 Å². The van der Waals surface area contributed by atoms with E-state index in [9.17, 15) is 0 Å². The summed E-state index contributed by atoms with van der Waals surface area (Å²) in [6, 6.07) is 3.68. The Labute approximate surface area is 150 Å². The third-order valence-electron chi connectivity index (χ3n) is 3.89. The van der Waals surface area contributed by atoms with Crippen molar-refractivity contribution < 1.29 is 0 Å². The maximum Gasteiger partial charge on any atom is 0.179 e. The molecule has 1 rings (SSSR count). The summed E-state index contributed by atoms with van der Waals surface area (Å²) in [6.45, 7) is 2.98. The second-order valence-corrected chi connectivity index (χ2v) is 6.25. The molecule has 0 radical (unpaired) electrons. The molecule has 1 aromatic rings. The van der Waals surface area contributed by atoms with Crippen molar-refractivity contribution in [1.82, 2.24) is 9.97 Å². The summed E-state index contributed by atoms with van der Waals surface area (Å²) in [5.41, 5.74) is -0.0283. The molecule has 6 heteroatoms. The zero-order valence-corrected chi connectivity index (χ0v) is 15.2. The van der Waals surface area contributed by atoms with Gasteiger partial charge in [0.1, 0.15) is 12.1 Å². The van der Waals surface area contributed by atoms with E-state index < -0.39 is 0 Å². The van der Waals surface area contributed by atoms with Crippen LogP contribution in [0, 0.1) is 22.7 Å². The Morgan fingerprint density at radius 3 is 1.88 bits per heavy atom. The van der Waals surface area contributed by atoms with Crippen LogP contribution in [0.15, 0.2) is 0 Å². The van der Waals surface area contributed by atoms with Gasteiger partial charge in [-0.2, -0.15) is 10.5 Å². The average Bonchev–Trinajstić information content (AvgIpc) is 2.60. The third kappa shape index (κ3) is 7.62. The number of aromatic nitrogens is 2. The molecule has 0 unspecified atom stereocenters. The molecule has 0 spiro atoms. The number of nitrogens with one attached hydrogen (secondary N) is 1. The smallest absolute Gasteiger partial charge is 0.179 e. The minimum absolute atomic E-state index is 0.00692. The van der Waals surface area contributed by atoms with Gasteiger partial charge in [0, 0.05) is 6.54 Å². The predicted octanol–water partition coefficient (Wildman–Crippen LogP) is 5.21. The summed E-state index contributed by atoms with van der Waals surface area (Å²) >= 11 is 5.97. The number of hydrogen-bond acceptors (Lipinski definition) is 5. The first-order valence-electron chi connectivity index (χ1n) is 8.84. The van der Waals surface area contributed by atoms with E-state index in [1.54, 1.807) is 0 Å². The van der Waals surface area contributed by atoms with Crippen molar-refractivity contribution in [3.8, 4) is 12.1 Å². The molecule has 0 fully saturated rings. The zero-order chi connectivity index (χ0) is 17.6. The van der Waals surface area contributed by atoms with Crippen LogP contribution >= 0.6 is 11.6 Å².